The molecule has 3 amide bonds. The molecule has 6 nitrogen and oxygen atoms in total. The Balaban J connectivity index is 1.53. The lowest BCUT2D eigenvalue weighted by atomic mass is 9.49. The van der Waals surface area contributed by atoms with E-state index in [1.807, 2.05) is 0 Å². The molecule has 0 heterocycles. The van der Waals surface area contributed by atoms with Crippen molar-refractivity contribution >= 4 is 33.8 Å². The van der Waals surface area contributed by atoms with Crippen LogP contribution in [0.1, 0.15) is 38.5 Å². The molecule has 24 heavy (non-hydrogen) atoms. The van der Waals surface area contributed by atoms with Crippen LogP contribution < -0.4 is 10.6 Å². The van der Waals surface area contributed by atoms with Crippen LogP contribution in [0.3, 0.4) is 0 Å². The third kappa shape index (κ3) is 3.50. The molecular weight excluding hydrogens is 376 g/mol. The quantitative estimate of drug-likeness (QED) is 0.422. The fourth-order valence-electron chi connectivity index (χ4n) is 5.05. The average Bonchev–Trinajstić information content (AvgIpc) is 2.48. The summed E-state index contributed by atoms with van der Waals surface area (Å²) in [6, 6.07) is -0.620. The number of hydrogen-bond donors (Lipinski definition) is 2. The van der Waals surface area contributed by atoms with Gasteiger partial charge >= 0.3 is 12.0 Å². The van der Waals surface area contributed by atoms with Gasteiger partial charge in [-0.25, -0.2) is 4.79 Å². The molecule has 132 valence electrons. The molecule has 2 atom stereocenters. The minimum Gasteiger partial charge on any atom is -0.455 e. The van der Waals surface area contributed by atoms with E-state index in [0.717, 1.165) is 32.1 Å². The van der Waals surface area contributed by atoms with Crippen LogP contribution in [-0.4, -0.2) is 35.4 Å². The van der Waals surface area contributed by atoms with E-state index in [-0.39, 0.29) is 16.8 Å². The molecule has 7 heteroatoms. The van der Waals surface area contributed by atoms with Gasteiger partial charge in [0.2, 0.25) is 0 Å². The van der Waals surface area contributed by atoms with E-state index in [1.165, 1.54) is 12.5 Å². The fourth-order valence-corrected chi connectivity index (χ4v) is 6.50. The van der Waals surface area contributed by atoms with E-state index in [2.05, 4.69) is 33.1 Å². The van der Waals surface area contributed by atoms with Gasteiger partial charge in [0.05, 0.1) is 5.41 Å². The second-order valence-corrected chi connectivity index (χ2v) is 9.20. The Morgan fingerprint density at radius 3 is 2.46 bits per heavy atom. The number of amides is 3. The summed E-state index contributed by atoms with van der Waals surface area (Å²) in [6.07, 6.45) is 7.46. The summed E-state index contributed by atoms with van der Waals surface area (Å²) in [6.45, 7) is 3.30. The number of rotatable bonds is 5. The van der Waals surface area contributed by atoms with Gasteiger partial charge in [0, 0.05) is 10.9 Å². The first-order valence-corrected chi connectivity index (χ1v) is 9.18. The Kier molecular flexibility index (Phi) is 4.73. The van der Waals surface area contributed by atoms with Crippen LogP contribution in [0, 0.1) is 17.3 Å². The van der Waals surface area contributed by atoms with Crippen LogP contribution in [0.4, 0.5) is 4.79 Å². The van der Waals surface area contributed by atoms with Crippen molar-refractivity contribution in [3.63, 3.8) is 0 Å². The van der Waals surface area contributed by atoms with Crippen molar-refractivity contribution in [1.82, 2.24) is 10.6 Å². The van der Waals surface area contributed by atoms with Crippen molar-refractivity contribution < 1.29 is 19.1 Å². The summed E-state index contributed by atoms with van der Waals surface area (Å²) in [4.78, 5) is 35.8. The summed E-state index contributed by atoms with van der Waals surface area (Å²) in [5, 5.41) is 4.56. The van der Waals surface area contributed by atoms with Crippen molar-refractivity contribution in [3.8, 4) is 0 Å². The number of esters is 1. The second-order valence-electron chi connectivity index (χ2n) is 7.52. The van der Waals surface area contributed by atoms with Gasteiger partial charge in [-0.3, -0.25) is 14.9 Å². The molecule has 2 N–H and O–H groups in total. The molecule has 0 spiro atoms. The van der Waals surface area contributed by atoms with E-state index in [9.17, 15) is 14.4 Å². The van der Waals surface area contributed by atoms with Crippen molar-refractivity contribution in [2.75, 3.05) is 13.2 Å². The van der Waals surface area contributed by atoms with Crippen molar-refractivity contribution in [2.24, 2.45) is 17.3 Å². The summed E-state index contributed by atoms with van der Waals surface area (Å²) >= 11 is 3.85. The van der Waals surface area contributed by atoms with E-state index >= 15 is 0 Å². The van der Waals surface area contributed by atoms with Crippen molar-refractivity contribution in [3.05, 3.63) is 12.7 Å². The minimum absolute atomic E-state index is 0.0585. The highest BCUT2D eigenvalue weighted by Crippen LogP contribution is 2.64. The zero-order chi connectivity index (χ0) is 17.4. The Labute approximate surface area is 149 Å². The Bertz CT molecular complexity index is 563. The lowest BCUT2D eigenvalue weighted by molar-refractivity contribution is -0.171. The van der Waals surface area contributed by atoms with Gasteiger partial charge < -0.3 is 10.1 Å². The Morgan fingerprint density at radius 2 is 1.88 bits per heavy atom. The first-order chi connectivity index (χ1) is 11.3. The highest BCUT2D eigenvalue weighted by atomic mass is 79.9. The number of carbonyl (C=O) groups is 3. The third-order valence-electron chi connectivity index (χ3n) is 5.42. The molecule has 0 aromatic carbocycles. The maximum Gasteiger partial charge on any atom is 0.321 e. The number of urea groups is 1. The molecule has 0 saturated heterocycles. The summed E-state index contributed by atoms with van der Waals surface area (Å²) in [5.41, 5.74) is -0.459. The highest BCUT2D eigenvalue weighted by Gasteiger charge is 2.60. The molecule has 0 unspecified atom stereocenters. The molecule has 4 saturated carbocycles. The molecular formula is C17H23BrN2O4. The van der Waals surface area contributed by atoms with E-state index in [4.69, 9.17) is 4.74 Å². The minimum atomic E-state index is -0.622. The van der Waals surface area contributed by atoms with Crippen LogP contribution in [-0.2, 0) is 14.3 Å². The zero-order valence-electron chi connectivity index (χ0n) is 13.6. The normalized spacial score (nSPS) is 36.0. The fraction of sp³-hybridized carbons (Fsp3) is 0.706. The number of alkyl halides is 1. The van der Waals surface area contributed by atoms with Crippen LogP contribution in [0.5, 0.6) is 0 Å². The first-order valence-electron chi connectivity index (χ1n) is 8.39. The summed E-state index contributed by atoms with van der Waals surface area (Å²) in [7, 11) is 0. The van der Waals surface area contributed by atoms with Crippen LogP contribution in [0.2, 0.25) is 0 Å². The average molecular weight is 399 g/mol. The number of nitrogens with one attached hydrogen (secondary N) is 2. The number of carbonyl (C=O) groups excluding carboxylic acids is 3. The van der Waals surface area contributed by atoms with Crippen LogP contribution >= 0.6 is 15.9 Å². The van der Waals surface area contributed by atoms with Gasteiger partial charge in [0.15, 0.2) is 6.61 Å². The second kappa shape index (κ2) is 6.50. The number of ether oxygens (including phenoxy) is 1. The van der Waals surface area contributed by atoms with Crippen LogP contribution in [0.15, 0.2) is 12.7 Å². The van der Waals surface area contributed by atoms with Crippen molar-refractivity contribution in [2.45, 2.75) is 42.8 Å². The predicted octanol–water partition coefficient (Wildman–Crippen LogP) is 2.28. The molecule has 4 bridgehead atoms. The zero-order valence-corrected chi connectivity index (χ0v) is 15.2. The lowest BCUT2D eigenvalue weighted by Crippen LogP contribution is -2.56. The smallest absolute Gasteiger partial charge is 0.321 e. The molecule has 4 rings (SSSR count). The van der Waals surface area contributed by atoms with Crippen LogP contribution in [0.25, 0.3) is 0 Å². The predicted molar refractivity (Wildman–Crippen MR) is 91.5 cm³/mol. The van der Waals surface area contributed by atoms with Crippen molar-refractivity contribution in [1.29, 1.82) is 0 Å². The van der Waals surface area contributed by atoms with Gasteiger partial charge in [0.25, 0.3) is 5.91 Å². The van der Waals surface area contributed by atoms with Gasteiger partial charge in [-0.2, -0.15) is 0 Å². The van der Waals surface area contributed by atoms with Gasteiger partial charge in [-0.1, -0.05) is 22.0 Å². The van der Waals surface area contributed by atoms with E-state index in [1.54, 1.807) is 0 Å². The molecule has 0 radical (unpaired) electrons. The molecule has 4 aliphatic rings. The van der Waals surface area contributed by atoms with E-state index in [0.29, 0.717) is 11.8 Å². The Morgan fingerprint density at radius 1 is 1.21 bits per heavy atom. The Hall–Kier alpha value is -1.37. The van der Waals surface area contributed by atoms with Gasteiger partial charge in [-0.05, 0) is 50.4 Å². The molecule has 4 fully saturated rings. The maximum absolute atomic E-state index is 12.7. The standard InChI is InChI=1S/C17H23BrN2O4/c1-2-3-19-15(23)20-13(21)9-24-14(22)16-5-11-4-12(6-16)8-17(18,7-11)10-16/h2,11-12H,1,3-10H2,(H2,19,20,21,23)/t11-,12-,16?,17?/m0/s1. The largest absolute Gasteiger partial charge is 0.455 e. The number of halogens is 1. The molecule has 0 aromatic rings. The number of imide groups is 1. The van der Waals surface area contributed by atoms with Gasteiger partial charge in [0.1, 0.15) is 0 Å². The summed E-state index contributed by atoms with van der Waals surface area (Å²) < 4.78 is 5.33. The molecule has 0 aliphatic heterocycles. The first kappa shape index (κ1) is 17.5. The van der Waals surface area contributed by atoms with E-state index < -0.39 is 24.0 Å². The monoisotopic (exact) mass is 398 g/mol. The molecule has 4 aliphatic carbocycles. The summed E-state index contributed by atoms with van der Waals surface area (Å²) in [5.74, 6) is 0.221. The number of hydrogen-bond acceptors (Lipinski definition) is 4. The highest BCUT2D eigenvalue weighted by molar-refractivity contribution is 9.10. The lowest BCUT2D eigenvalue weighted by Gasteiger charge is -2.58. The topological polar surface area (TPSA) is 84.5 Å². The third-order valence-corrected chi connectivity index (χ3v) is 6.34. The SMILES string of the molecule is C=CCNC(=O)NC(=O)COC(=O)C12C[C@@H]3C[C@H](CC(Br)(C3)C1)C2. The maximum atomic E-state index is 12.7. The van der Waals surface area contributed by atoms with Gasteiger partial charge in [-0.15, -0.1) is 6.58 Å². The molecule has 0 aromatic heterocycles.